The number of aliphatic hydroxyl groups excluding tert-OH is 2. The standard InChI is InChI=1S/C17H18F3N3O3/c18-17(19,20)11-6-7-15(21-9-13(25)10-24)14(8-11)16(26)23-22-12-4-2-1-3-5-12/h1-8,13,21-22,24-25H,9-10H2,(H,23,26). The summed E-state index contributed by atoms with van der Waals surface area (Å²) in [7, 11) is 0. The van der Waals surface area contributed by atoms with Crippen LogP contribution in [0.5, 0.6) is 0 Å². The largest absolute Gasteiger partial charge is 0.416 e. The number of nitrogens with one attached hydrogen (secondary N) is 3. The first-order chi connectivity index (χ1) is 12.3. The van der Waals surface area contributed by atoms with Gasteiger partial charge in [0.2, 0.25) is 0 Å². The van der Waals surface area contributed by atoms with Crippen molar-refractivity contribution in [1.29, 1.82) is 0 Å². The highest BCUT2D eigenvalue weighted by molar-refractivity contribution is 6.00. The van der Waals surface area contributed by atoms with E-state index in [9.17, 15) is 23.1 Å². The van der Waals surface area contributed by atoms with Crippen LogP contribution in [0.25, 0.3) is 0 Å². The summed E-state index contributed by atoms with van der Waals surface area (Å²) in [6.45, 7) is -0.654. The molecule has 2 rings (SSSR count). The van der Waals surface area contributed by atoms with E-state index in [0.717, 1.165) is 18.2 Å². The number of hydrogen-bond donors (Lipinski definition) is 5. The van der Waals surface area contributed by atoms with Gasteiger partial charge in [0, 0.05) is 12.2 Å². The lowest BCUT2D eigenvalue weighted by Gasteiger charge is -2.17. The van der Waals surface area contributed by atoms with E-state index in [4.69, 9.17) is 5.11 Å². The fourth-order valence-electron chi connectivity index (χ4n) is 2.07. The number of anilines is 2. The Kier molecular flexibility index (Phi) is 6.42. The second kappa shape index (κ2) is 8.54. The second-order valence-corrected chi connectivity index (χ2v) is 5.42. The van der Waals surface area contributed by atoms with Crippen LogP contribution in [0.3, 0.4) is 0 Å². The maximum atomic E-state index is 12.9. The molecular weight excluding hydrogens is 351 g/mol. The van der Waals surface area contributed by atoms with E-state index in [2.05, 4.69) is 16.2 Å². The molecule has 0 aliphatic carbocycles. The molecular formula is C17H18F3N3O3. The molecule has 26 heavy (non-hydrogen) atoms. The van der Waals surface area contributed by atoms with Crippen molar-refractivity contribution in [2.75, 3.05) is 23.9 Å². The van der Waals surface area contributed by atoms with Crippen molar-refractivity contribution >= 4 is 17.3 Å². The Bertz CT molecular complexity index is 739. The Morgan fingerprint density at radius 2 is 1.81 bits per heavy atom. The summed E-state index contributed by atoms with van der Waals surface area (Å²) in [6, 6.07) is 11.2. The Labute approximate surface area is 147 Å². The minimum atomic E-state index is -4.61. The van der Waals surface area contributed by atoms with E-state index in [0.29, 0.717) is 5.69 Å². The van der Waals surface area contributed by atoms with E-state index in [1.165, 1.54) is 0 Å². The first kappa shape index (κ1) is 19.5. The predicted octanol–water partition coefficient (Wildman–Crippen LogP) is 2.23. The molecule has 0 aromatic heterocycles. The Morgan fingerprint density at radius 3 is 2.42 bits per heavy atom. The van der Waals surface area contributed by atoms with Gasteiger partial charge in [0.05, 0.1) is 29.5 Å². The van der Waals surface area contributed by atoms with Crippen molar-refractivity contribution in [3.63, 3.8) is 0 Å². The van der Waals surface area contributed by atoms with Crippen LogP contribution in [0, 0.1) is 0 Å². The zero-order valence-electron chi connectivity index (χ0n) is 13.5. The third-order valence-electron chi connectivity index (χ3n) is 3.42. The van der Waals surface area contributed by atoms with Crippen LogP contribution in [0.4, 0.5) is 24.5 Å². The number of hydrogen-bond acceptors (Lipinski definition) is 5. The summed E-state index contributed by atoms with van der Waals surface area (Å²) in [6.07, 6.45) is -5.72. The Balaban J connectivity index is 2.21. The van der Waals surface area contributed by atoms with Gasteiger partial charge in [-0.15, -0.1) is 0 Å². The molecule has 0 aliphatic rings. The Morgan fingerprint density at radius 1 is 1.12 bits per heavy atom. The summed E-state index contributed by atoms with van der Waals surface area (Å²) in [5.74, 6) is -0.791. The number of hydrazine groups is 1. The lowest BCUT2D eigenvalue weighted by atomic mass is 10.1. The second-order valence-electron chi connectivity index (χ2n) is 5.42. The number of aliphatic hydroxyl groups is 2. The normalized spacial score (nSPS) is 12.3. The number of halogens is 3. The van der Waals surface area contributed by atoms with Crippen molar-refractivity contribution in [1.82, 2.24) is 5.43 Å². The van der Waals surface area contributed by atoms with Gasteiger partial charge in [0.25, 0.3) is 5.91 Å². The van der Waals surface area contributed by atoms with Crippen LogP contribution in [-0.2, 0) is 6.18 Å². The number of carbonyl (C=O) groups excluding carboxylic acids is 1. The first-order valence-electron chi connectivity index (χ1n) is 7.66. The summed E-state index contributed by atoms with van der Waals surface area (Å²) < 4.78 is 38.8. The average Bonchev–Trinajstić information content (AvgIpc) is 2.64. The molecule has 0 saturated heterocycles. The third kappa shape index (κ3) is 5.36. The van der Waals surface area contributed by atoms with Gasteiger partial charge < -0.3 is 15.5 Å². The maximum absolute atomic E-state index is 12.9. The van der Waals surface area contributed by atoms with Crippen LogP contribution >= 0.6 is 0 Å². The molecule has 1 amide bonds. The van der Waals surface area contributed by atoms with Gasteiger partial charge in [-0.1, -0.05) is 18.2 Å². The zero-order chi connectivity index (χ0) is 19.2. The third-order valence-corrected chi connectivity index (χ3v) is 3.42. The zero-order valence-corrected chi connectivity index (χ0v) is 13.5. The highest BCUT2D eigenvalue weighted by atomic mass is 19.4. The molecule has 0 aliphatic heterocycles. The predicted molar refractivity (Wildman–Crippen MR) is 90.6 cm³/mol. The molecule has 1 unspecified atom stereocenters. The lowest BCUT2D eigenvalue weighted by Crippen LogP contribution is -2.31. The van der Waals surface area contributed by atoms with E-state index in [1.54, 1.807) is 30.3 Å². The van der Waals surface area contributed by atoms with Crippen molar-refractivity contribution < 1.29 is 28.2 Å². The van der Waals surface area contributed by atoms with E-state index in [1.807, 2.05) is 0 Å². The summed E-state index contributed by atoms with van der Waals surface area (Å²) in [5, 5.41) is 20.9. The van der Waals surface area contributed by atoms with Crippen LogP contribution < -0.4 is 16.2 Å². The SMILES string of the molecule is O=C(NNc1ccccc1)c1cc(C(F)(F)F)ccc1NCC(O)CO. The van der Waals surface area contributed by atoms with Crippen LogP contribution in [0.1, 0.15) is 15.9 Å². The molecule has 2 aromatic carbocycles. The van der Waals surface area contributed by atoms with Crippen molar-refractivity contribution in [3.8, 4) is 0 Å². The number of alkyl halides is 3. The van der Waals surface area contributed by atoms with Gasteiger partial charge in [-0.3, -0.25) is 15.6 Å². The molecule has 0 radical (unpaired) electrons. The van der Waals surface area contributed by atoms with Gasteiger partial charge in [-0.05, 0) is 30.3 Å². The van der Waals surface area contributed by atoms with E-state index < -0.39 is 30.4 Å². The molecule has 0 heterocycles. The molecule has 9 heteroatoms. The topological polar surface area (TPSA) is 93.6 Å². The van der Waals surface area contributed by atoms with Gasteiger partial charge in [0.1, 0.15) is 0 Å². The number of carbonyl (C=O) groups is 1. The molecule has 2 aromatic rings. The molecule has 0 bridgehead atoms. The smallest absolute Gasteiger partial charge is 0.394 e. The summed E-state index contributed by atoms with van der Waals surface area (Å²) >= 11 is 0. The van der Waals surface area contributed by atoms with Crippen molar-refractivity contribution in [2.45, 2.75) is 12.3 Å². The van der Waals surface area contributed by atoms with Gasteiger partial charge in [0.15, 0.2) is 0 Å². The highest BCUT2D eigenvalue weighted by Crippen LogP contribution is 2.32. The van der Waals surface area contributed by atoms with Crippen LogP contribution in [0.15, 0.2) is 48.5 Å². The van der Waals surface area contributed by atoms with Gasteiger partial charge >= 0.3 is 6.18 Å². The van der Waals surface area contributed by atoms with Crippen LogP contribution in [-0.4, -0.2) is 35.4 Å². The number of benzene rings is 2. The van der Waals surface area contributed by atoms with Crippen molar-refractivity contribution in [3.05, 3.63) is 59.7 Å². The van der Waals surface area contributed by atoms with Crippen LogP contribution in [0.2, 0.25) is 0 Å². The van der Waals surface area contributed by atoms with E-state index in [-0.39, 0.29) is 17.8 Å². The number of amides is 1. The number of rotatable bonds is 7. The minimum Gasteiger partial charge on any atom is -0.394 e. The van der Waals surface area contributed by atoms with Gasteiger partial charge in [-0.2, -0.15) is 13.2 Å². The summed E-state index contributed by atoms with van der Waals surface area (Å²) in [4.78, 5) is 12.3. The molecule has 0 spiro atoms. The van der Waals surface area contributed by atoms with Gasteiger partial charge in [-0.25, -0.2) is 0 Å². The quantitative estimate of drug-likeness (QED) is 0.483. The molecule has 140 valence electrons. The summed E-state index contributed by atoms with van der Waals surface area (Å²) in [5.41, 5.74) is 4.35. The highest BCUT2D eigenvalue weighted by Gasteiger charge is 2.31. The molecule has 5 N–H and O–H groups in total. The monoisotopic (exact) mass is 369 g/mol. The number of para-hydroxylation sites is 1. The first-order valence-corrected chi connectivity index (χ1v) is 7.66. The van der Waals surface area contributed by atoms with Crippen molar-refractivity contribution in [2.24, 2.45) is 0 Å². The average molecular weight is 369 g/mol. The fraction of sp³-hybridized carbons (Fsp3) is 0.235. The lowest BCUT2D eigenvalue weighted by molar-refractivity contribution is -0.137. The molecule has 0 fully saturated rings. The minimum absolute atomic E-state index is 0.0952. The fourth-order valence-corrected chi connectivity index (χ4v) is 2.07. The maximum Gasteiger partial charge on any atom is 0.416 e. The van der Waals surface area contributed by atoms with E-state index >= 15 is 0 Å². The molecule has 0 saturated carbocycles. The molecule has 1 atom stereocenters. The molecule has 6 nitrogen and oxygen atoms in total. The Hall–Kier alpha value is -2.78.